The summed E-state index contributed by atoms with van der Waals surface area (Å²) in [5.74, 6) is 0.898. The summed E-state index contributed by atoms with van der Waals surface area (Å²) in [5, 5.41) is 0. The van der Waals surface area contributed by atoms with Crippen LogP contribution in [-0.2, 0) is 0 Å². The van der Waals surface area contributed by atoms with E-state index in [0.29, 0.717) is 0 Å². The van der Waals surface area contributed by atoms with Crippen LogP contribution in [0.3, 0.4) is 0 Å². The highest BCUT2D eigenvalue weighted by Crippen LogP contribution is 2.32. The van der Waals surface area contributed by atoms with Crippen molar-refractivity contribution in [2.24, 2.45) is 0 Å². The lowest BCUT2D eigenvalue weighted by Crippen LogP contribution is -2.46. The van der Waals surface area contributed by atoms with Crippen molar-refractivity contribution in [3.63, 3.8) is 0 Å². The van der Waals surface area contributed by atoms with Gasteiger partial charge in [-0.05, 0) is 50.3 Å². The number of likely N-dealkylation sites (tertiary alicyclic amines) is 2. The molecule has 4 nitrogen and oxygen atoms in total. The zero-order chi connectivity index (χ0) is 15.6. The number of hydrogen-bond donors (Lipinski definition) is 0. The highest BCUT2D eigenvalue weighted by atomic mass is 16.4. The molecule has 0 atom stereocenters. The van der Waals surface area contributed by atoms with E-state index in [4.69, 9.17) is 9.40 Å². The molecule has 0 amide bonds. The molecule has 4 heteroatoms. The predicted molar refractivity (Wildman–Crippen MR) is 92.3 cm³/mol. The number of fused-ring (bicyclic) bond motifs is 1. The average Bonchev–Trinajstić information content (AvgIpc) is 2.99. The molecule has 1 aromatic carbocycles. The number of oxazole rings is 1. The molecule has 2 saturated heterocycles. The van der Waals surface area contributed by atoms with Crippen LogP contribution < -0.4 is 0 Å². The summed E-state index contributed by atoms with van der Waals surface area (Å²) in [4.78, 5) is 10.1. The Hall–Kier alpha value is -1.39. The standard InChI is InChI=1S/C19H27N3O/c1-15-8-9-17-16(14-15)20-18(23-17)19(21-10-4-2-5-11-21)22-12-6-3-7-13-22/h8-9,14,19H,2-7,10-13H2,1H3. The van der Waals surface area contributed by atoms with E-state index >= 15 is 0 Å². The fourth-order valence-electron chi connectivity index (χ4n) is 4.03. The molecule has 2 fully saturated rings. The first kappa shape index (κ1) is 15.2. The van der Waals surface area contributed by atoms with E-state index < -0.39 is 0 Å². The summed E-state index contributed by atoms with van der Waals surface area (Å²) in [5.41, 5.74) is 3.16. The van der Waals surface area contributed by atoms with Gasteiger partial charge in [0.1, 0.15) is 11.7 Å². The van der Waals surface area contributed by atoms with Gasteiger partial charge in [0.05, 0.1) is 0 Å². The lowest BCUT2D eigenvalue weighted by molar-refractivity contribution is 0.0000464. The normalized spacial score (nSPS) is 21.3. The zero-order valence-corrected chi connectivity index (χ0v) is 14.1. The Balaban J connectivity index is 1.69. The molecule has 0 radical (unpaired) electrons. The molecule has 3 heterocycles. The van der Waals surface area contributed by atoms with Gasteiger partial charge < -0.3 is 4.42 Å². The Labute approximate surface area is 138 Å². The van der Waals surface area contributed by atoms with Crippen LogP contribution in [0, 0.1) is 6.92 Å². The average molecular weight is 313 g/mol. The Morgan fingerprint density at radius 2 is 1.52 bits per heavy atom. The van der Waals surface area contributed by atoms with E-state index in [1.54, 1.807) is 0 Å². The minimum Gasteiger partial charge on any atom is -0.437 e. The van der Waals surface area contributed by atoms with Gasteiger partial charge in [0.2, 0.25) is 5.89 Å². The summed E-state index contributed by atoms with van der Waals surface area (Å²) in [6.45, 7) is 6.77. The van der Waals surface area contributed by atoms with Crippen molar-refractivity contribution in [1.82, 2.24) is 14.8 Å². The van der Waals surface area contributed by atoms with Crippen LogP contribution in [0.1, 0.15) is 56.1 Å². The van der Waals surface area contributed by atoms with E-state index in [0.717, 1.165) is 17.0 Å². The molecular weight excluding hydrogens is 286 g/mol. The second-order valence-corrected chi connectivity index (χ2v) is 7.09. The number of piperidine rings is 2. The van der Waals surface area contributed by atoms with Crippen molar-refractivity contribution in [2.75, 3.05) is 26.2 Å². The van der Waals surface area contributed by atoms with Gasteiger partial charge in [-0.3, -0.25) is 9.80 Å². The van der Waals surface area contributed by atoms with Crippen LogP contribution in [-0.4, -0.2) is 41.0 Å². The molecule has 4 rings (SSSR count). The molecule has 0 saturated carbocycles. The summed E-state index contributed by atoms with van der Waals surface area (Å²) in [7, 11) is 0. The quantitative estimate of drug-likeness (QED) is 0.854. The summed E-state index contributed by atoms with van der Waals surface area (Å²) < 4.78 is 6.20. The minimum absolute atomic E-state index is 0.225. The lowest BCUT2D eigenvalue weighted by Gasteiger charge is -2.41. The van der Waals surface area contributed by atoms with Gasteiger partial charge in [0.15, 0.2) is 5.58 Å². The van der Waals surface area contributed by atoms with Crippen molar-refractivity contribution in [1.29, 1.82) is 0 Å². The lowest BCUT2D eigenvalue weighted by atomic mass is 10.1. The first-order valence-electron chi connectivity index (χ1n) is 9.16. The van der Waals surface area contributed by atoms with E-state index in [1.165, 1.54) is 70.3 Å². The van der Waals surface area contributed by atoms with Crippen LogP contribution in [0.4, 0.5) is 0 Å². The Kier molecular flexibility index (Phi) is 4.36. The number of benzene rings is 1. The molecule has 0 bridgehead atoms. The first-order chi connectivity index (χ1) is 11.3. The minimum atomic E-state index is 0.225. The van der Waals surface area contributed by atoms with Crippen LogP contribution >= 0.6 is 0 Å². The molecule has 23 heavy (non-hydrogen) atoms. The van der Waals surface area contributed by atoms with Crippen LogP contribution in [0.2, 0.25) is 0 Å². The maximum atomic E-state index is 6.20. The fourth-order valence-corrected chi connectivity index (χ4v) is 4.03. The van der Waals surface area contributed by atoms with Crippen LogP contribution in [0.25, 0.3) is 11.1 Å². The van der Waals surface area contributed by atoms with Gasteiger partial charge in [0, 0.05) is 26.2 Å². The van der Waals surface area contributed by atoms with Gasteiger partial charge in [-0.2, -0.15) is 0 Å². The Bertz CT molecular complexity index is 636. The van der Waals surface area contributed by atoms with Crippen molar-refractivity contribution in [3.8, 4) is 0 Å². The SMILES string of the molecule is Cc1ccc2oc(C(N3CCCCC3)N3CCCCC3)nc2c1. The van der Waals surface area contributed by atoms with Gasteiger partial charge in [-0.15, -0.1) is 0 Å². The van der Waals surface area contributed by atoms with Crippen LogP contribution in [0.15, 0.2) is 22.6 Å². The van der Waals surface area contributed by atoms with Crippen LogP contribution in [0.5, 0.6) is 0 Å². The first-order valence-corrected chi connectivity index (χ1v) is 9.16. The number of rotatable bonds is 3. The third kappa shape index (κ3) is 3.15. The molecule has 0 unspecified atom stereocenters. The van der Waals surface area contributed by atoms with Gasteiger partial charge >= 0.3 is 0 Å². The van der Waals surface area contributed by atoms with Crippen molar-refractivity contribution >= 4 is 11.1 Å². The number of aromatic nitrogens is 1. The molecule has 2 aromatic rings. The number of aryl methyl sites for hydroxylation is 1. The third-order valence-electron chi connectivity index (χ3n) is 5.25. The molecule has 2 aliphatic heterocycles. The van der Waals surface area contributed by atoms with E-state index in [2.05, 4.69) is 34.9 Å². The van der Waals surface area contributed by atoms with Gasteiger partial charge in [-0.25, -0.2) is 4.98 Å². The van der Waals surface area contributed by atoms with Crippen molar-refractivity contribution in [3.05, 3.63) is 29.7 Å². The Morgan fingerprint density at radius 1 is 0.913 bits per heavy atom. The van der Waals surface area contributed by atoms with E-state index in [9.17, 15) is 0 Å². The summed E-state index contributed by atoms with van der Waals surface area (Å²) in [6.07, 6.45) is 8.12. The maximum Gasteiger partial charge on any atom is 0.227 e. The second kappa shape index (κ2) is 6.62. The van der Waals surface area contributed by atoms with Crippen molar-refractivity contribution in [2.45, 2.75) is 51.6 Å². The largest absolute Gasteiger partial charge is 0.437 e. The summed E-state index contributed by atoms with van der Waals surface area (Å²) >= 11 is 0. The number of hydrogen-bond acceptors (Lipinski definition) is 4. The van der Waals surface area contributed by atoms with E-state index in [1.807, 2.05) is 0 Å². The molecule has 0 N–H and O–H groups in total. The maximum absolute atomic E-state index is 6.20. The molecule has 1 aromatic heterocycles. The highest BCUT2D eigenvalue weighted by molar-refractivity contribution is 5.73. The highest BCUT2D eigenvalue weighted by Gasteiger charge is 2.32. The third-order valence-corrected chi connectivity index (χ3v) is 5.25. The molecule has 0 aliphatic carbocycles. The Morgan fingerprint density at radius 3 is 2.13 bits per heavy atom. The second-order valence-electron chi connectivity index (χ2n) is 7.09. The fraction of sp³-hybridized carbons (Fsp3) is 0.632. The topological polar surface area (TPSA) is 32.5 Å². The molecule has 124 valence electrons. The molecule has 2 aliphatic rings. The summed E-state index contributed by atoms with van der Waals surface area (Å²) in [6, 6.07) is 6.30. The van der Waals surface area contributed by atoms with Crippen molar-refractivity contribution < 1.29 is 4.42 Å². The van der Waals surface area contributed by atoms with Gasteiger partial charge in [-0.1, -0.05) is 18.9 Å². The van der Waals surface area contributed by atoms with E-state index in [-0.39, 0.29) is 6.17 Å². The smallest absolute Gasteiger partial charge is 0.227 e. The monoisotopic (exact) mass is 313 g/mol. The zero-order valence-electron chi connectivity index (χ0n) is 14.1. The predicted octanol–water partition coefficient (Wildman–Crippen LogP) is 4.11. The molecule has 0 spiro atoms. The van der Waals surface area contributed by atoms with Gasteiger partial charge in [0.25, 0.3) is 0 Å². The molecular formula is C19H27N3O. The number of nitrogens with zero attached hydrogens (tertiary/aromatic N) is 3.